The smallest absolute Gasteiger partial charge is 0.323 e. The van der Waals surface area contributed by atoms with Crippen molar-refractivity contribution in [2.24, 2.45) is 0 Å². The minimum Gasteiger partial charge on any atom is -0.457 e. The minimum atomic E-state index is -0.302. The summed E-state index contributed by atoms with van der Waals surface area (Å²) < 4.78 is 5.89. The molecule has 0 bridgehead atoms. The Hall–Kier alpha value is -4.00. The van der Waals surface area contributed by atoms with Crippen LogP contribution in [0.15, 0.2) is 66.7 Å². The molecule has 3 N–H and O–H groups in total. The zero-order valence-electron chi connectivity index (χ0n) is 23.1. The second kappa shape index (κ2) is 11.2. The maximum Gasteiger partial charge on any atom is 0.323 e. The van der Waals surface area contributed by atoms with Crippen LogP contribution in [0.4, 0.5) is 21.9 Å². The Kier molecular flexibility index (Phi) is 7.95. The lowest BCUT2D eigenvalue weighted by molar-refractivity contribution is 0.0962. The van der Waals surface area contributed by atoms with Crippen molar-refractivity contribution in [2.75, 3.05) is 22.6 Å². The van der Waals surface area contributed by atoms with Gasteiger partial charge >= 0.3 is 6.03 Å². The largest absolute Gasteiger partial charge is 0.457 e. The molecule has 0 aliphatic carbocycles. The summed E-state index contributed by atoms with van der Waals surface area (Å²) >= 11 is 0. The first-order valence-corrected chi connectivity index (χ1v) is 13.2. The molecule has 1 aliphatic rings. The minimum absolute atomic E-state index is 0.0383. The van der Waals surface area contributed by atoms with Crippen LogP contribution >= 0.6 is 0 Å². The van der Waals surface area contributed by atoms with Crippen LogP contribution in [0.2, 0.25) is 0 Å². The van der Waals surface area contributed by atoms with Crippen molar-refractivity contribution in [3.8, 4) is 11.5 Å². The number of hydrogen-bond donors (Lipinski definition) is 3. The predicted octanol–water partition coefficient (Wildman–Crippen LogP) is 7.16. The number of ether oxygens (including phenoxy) is 1. The molecule has 0 aromatic heterocycles. The van der Waals surface area contributed by atoms with Gasteiger partial charge in [0.2, 0.25) is 0 Å². The van der Waals surface area contributed by atoms with Gasteiger partial charge in [-0.2, -0.15) is 0 Å². The van der Waals surface area contributed by atoms with Gasteiger partial charge in [-0.15, -0.1) is 0 Å². The van der Waals surface area contributed by atoms with Gasteiger partial charge < -0.3 is 25.6 Å². The highest BCUT2D eigenvalue weighted by Crippen LogP contribution is 2.38. The molecule has 7 nitrogen and oxygen atoms in total. The van der Waals surface area contributed by atoms with Gasteiger partial charge in [0.15, 0.2) is 0 Å². The zero-order chi connectivity index (χ0) is 27.4. The van der Waals surface area contributed by atoms with Gasteiger partial charge in [-0.3, -0.25) is 4.79 Å². The van der Waals surface area contributed by atoms with E-state index in [1.54, 1.807) is 55.6 Å². The number of carbonyl (C=O) groups excluding carboxylic acids is 2. The molecule has 2 unspecified atom stereocenters. The number of benzene rings is 3. The van der Waals surface area contributed by atoms with Gasteiger partial charge in [0.1, 0.15) is 11.5 Å². The first kappa shape index (κ1) is 27.0. The van der Waals surface area contributed by atoms with Crippen LogP contribution in [-0.2, 0) is 5.41 Å². The lowest BCUT2D eigenvalue weighted by atomic mass is 9.86. The number of anilines is 3. The molecule has 3 aromatic carbocycles. The standard InChI is InChI=1S/C31H38N4O3/c1-20-10-11-21(2)35(20)28-17-12-23(31(3,4)5)19-27(28)34-30(37)33-24-13-15-25(16-14-24)38-26-9-7-8-22(18-26)29(36)32-6/h7-9,12-21H,10-11H2,1-6H3,(H,32,36)(H2,33,34,37). The van der Waals surface area contributed by atoms with E-state index in [1.807, 2.05) is 0 Å². The average Bonchev–Trinajstić information content (AvgIpc) is 3.21. The molecular weight excluding hydrogens is 476 g/mol. The quantitative estimate of drug-likeness (QED) is 0.326. The van der Waals surface area contributed by atoms with Gasteiger partial charge in [0.25, 0.3) is 5.91 Å². The number of urea groups is 1. The van der Waals surface area contributed by atoms with Crippen LogP contribution in [0.3, 0.4) is 0 Å². The first-order chi connectivity index (χ1) is 18.0. The summed E-state index contributed by atoms with van der Waals surface area (Å²) in [5, 5.41) is 8.65. The molecule has 0 radical (unpaired) electrons. The molecule has 0 spiro atoms. The van der Waals surface area contributed by atoms with Crippen molar-refractivity contribution >= 4 is 29.0 Å². The summed E-state index contributed by atoms with van der Waals surface area (Å²) in [5.41, 5.74) is 4.15. The average molecular weight is 515 g/mol. The van der Waals surface area contributed by atoms with Crippen molar-refractivity contribution in [3.05, 3.63) is 77.9 Å². The van der Waals surface area contributed by atoms with E-state index in [-0.39, 0.29) is 17.4 Å². The Bertz CT molecular complexity index is 1290. The molecule has 3 amide bonds. The molecule has 2 atom stereocenters. The van der Waals surface area contributed by atoms with E-state index in [9.17, 15) is 9.59 Å². The van der Waals surface area contributed by atoms with Crippen LogP contribution in [-0.4, -0.2) is 31.1 Å². The lowest BCUT2D eigenvalue weighted by Gasteiger charge is -2.32. The molecule has 200 valence electrons. The summed E-state index contributed by atoms with van der Waals surface area (Å²) in [7, 11) is 1.59. The number of nitrogens with zero attached hydrogens (tertiary/aromatic N) is 1. The van der Waals surface area contributed by atoms with E-state index >= 15 is 0 Å². The molecular formula is C31H38N4O3. The Labute approximate surface area is 225 Å². The van der Waals surface area contributed by atoms with Crippen molar-refractivity contribution in [1.29, 1.82) is 0 Å². The summed E-state index contributed by atoms with van der Waals surface area (Å²) in [6.45, 7) is 11.0. The maximum absolute atomic E-state index is 13.1. The first-order valence-electron chi connectivity index (χ1n) is 13.2. The predicted molar refractivity (Wildman–Crippen MR) is 155 cm³/mol. The van der Waals surface area contributed by atoms with Gasteiger partial charge in [0, 0.05) is 30.4 Å². The van der Waals surface area contributed by atoms with Crippen LogP contribution in [0.5, 0.6) is 11.5 Å². The number of rotatable bonds is 6. The maximum atomic E-state index is 13.1. The van der Waals surface area contributed by atoms with E-state index in [0.29, 0.717) is 34.8 Å². The number of amides is 3. The Balaban J connectivity index is 1.47. The lowest BCUT2D eigenvalue weighted by Crippen LogP contribution is -2.34. The van der Waals surface area contributed by atoms with Gasteiger partial charge in [-0.1, -0.05) is 32.9 Å². The number of carbonyl (C=O) groups is 2. The summed E-state index contributed by atoms with van der Waals surface area (Å²) in [6, 6.07) is 21.0. The third-order valence-corrected chi connectivity index (χ3v) is 7.01. The molecule has 1 saturated heterocycles. The zero-order valence-corrected chi connectivity index (χ0v) is 23.1. The highest BCUT2D eigenvalue weighted by atomic mass is 16.5. The number of hydrogen-bond acceptors (Lipinski definition) is 4. The van der Waals surface area contributed by atoms with Crippen molar-refractivity contribution in [1.82, 2.24) is 5.32 Å². The molecule has 3 aromatic rings. The molecule has 1 heterocycles. The van der Waals surface area contributed by atoms with E-state index in [0.717, 1.165) is 29.8 Å². The van der Waals surface area contributed by atoms with Crippen LogP contribution in [0.25, 0.3) is 0 Å². The highest BCUT2D eigenvalue weighted by Gasteiger charge is 2.30. The second-order valence-corrected chi connectivity index (χ2v) is 11.0. The van der Waals surface area contributed by atoms with Crippen LogP contribution in [0, 0.1) is 0 Å². The van der Waals surface area contributed by atoms with Crippen LogP contribution in [0.1, 0.15) is 63.4 Å². The Morgan fingerprint density at radius 3 is 2.18 bits per heavy atom. The molecule has 0 saturated carbocycles. The van der Waals surface area contributed by atoms with E-state index in [4.69, 9.17) is 4.74 Å². The summed E-state index contributed by atoms with van der Waals surface area (Å²) in [4.78, 5) is 27.4. The topological polar surface area (TPSA) is 82.7 Å². The van der Waals surface area contributed by atoms with Gasteiger partial charge in [-0.05, 0) is 92.3 Å². The summed E-state index contributed by atoms with van der Waals surface area (Å²) in [6.07, 6.45) is 2.27. The molecule has 7 heteroatoms. The SMILES string of the molecule is CNC(=O)c1cccc(Oc2ccc(NC(=O)Nc3cc(C(C)(C)C)ccc3N3C(C)CCC3C)cc2)c1. The molecule has 1 fully saturated rings. The second-order valence-electron chi connectivity index (χ2n) is 11.0. The van der Waals surface area contributed by atoms with E-state index < -0.39 is 0 Å². The Morgan fingerprint density at radius 1 is 0.868 bits per heavy atom. The molecule has 38 heavy (non-hydrogen) atoms. The summed E-state index contributed by atoms with van der Waals surface area (Å²) in [5.74, 6) is 0.981. The third-order valence-electron chi connectivity index (χ3n) is 7.01. The fourth-order valence-electron chi connectivity index (χ4n) is 4.87. The molecule has 1 aliphatic heterocycles. The third kappa shape index (κ3) is 6.28. The van der Waals surface area contributed by atoms with Crippen molar-refractivity contribution in [2.45, 2.75) is 65.0 Å². The monoisotopic (exact) mass is 514 g/mol. The number of nitrogens with one attached hydrogen (secondary N) is 3. The van der Waals surface area contributed by atoms with Gasteiger partial charge in [0.05, 0.1) is 11.4 Å². The fraction of sp³-hybridized carbons (Fsp3) is 0.355. The van der Waals surface area contributed by atoms with Crippen LogP contribution < -0.4 is 25.6 Å². The highest BCUT2D eigenvalue weighted by molar-refractivity contribution is 6.02. The normalized spacial score (nSPS) is 17.2. The van der Waals surface area contributed by atoms with Gasteiger partial charge in [-0.25, -0.2) is 4.79 Å². The van der Waals surface area contributed by atoms with E-state index in [1.165, 1.54) is 0 Å². The molecule has 4 rings (SSSR count). The van der Waals surface area contributed by atoms with E-state index in [2.05, 4.69) is 73.7 Å². The van der Waals surface area contributed by atoms with Crippen molar-refractivity contribution in [3.63, 3.8) is 0 Å². The van der Waals surface area contributed by atoms with Crippen molar-refractivity contribution < 1.29 is 14.3 Å². The fourth-order valence-corrected chi connectivity index (χ4v) is 4.87. The Morgan fingerprint density at radius 2 is 1.55 bits per heavy atom.